The SMILES string of the molecule is Cc1cccc(NS(=O)(=O)c2ccc(C(=O)NC3CCCCCC3)cc2)c1. The van der Waals surface area contributed by atoms with Gasteiger partial charge in [0.05, 0.1) is 4.90 Å². The van der Waals surface area contributed by atoms with Crippen molar-refractivity contribution in [2.24, 2.45) is 0 Å². The van der Waals surface area contributed by atoms with Gasteiger partial charge in [-0.1, -0.05) is 37.8 Å². The Labute approximate surface area is 161 Å². The third-order valence-electron chi connectivity index (χ3n) is 4.89. The second-order valence-corrected chi connectivity index (χ2v) is 8.84. The average Bonchev–Trinajstić information content (AvgIpc) is 2.90. The minimum Gasteiger partial charge on any atom is -0.349 e. The first-order chi connectivity index (χ1) is 12.9. The highest BCUT2D eigenvalue weighted by atomic mass is 32.2. The molecule has 1 aliphatic carbocycles. The number of anilines is 1. The highest BCUT2D eigenvalue weighted by Crippen LogP contribution is 2.19. The van der Waals surface area contributed by atoms with Gasteiger partial charge in [0.2, 0.25) is 0 Å². The lowest BCUT2D eigenvalue weighted by molar-refractivity contribution is 0.0933. The van der Waals surface area contributed by atoms with E-state index in [0.29, 0.717) is 11.3 Å². The first-order valence-electron chi connectivity index (χ1n) is 9.44. The molecule has 2 aromatic carbocycles. The summed E-state index contributed by atoms with van der Waals surface area (Å²) in [6.07, 6.45) is 6.77. The minimum atomic E-state index is -3.69. The molecule has 5 nitrogen and oxygen atoms in total. The molecule has 0 saturated heterocycles. The molecule has 1 fully saturated rings. The fraction of sp³-hybridized carbons (Fsp3) is 0.381. The lowest BCUT2D eigenvalue weighted by Gasteiger charge is -2.16. The van der Waals surface area contributed by atoms with Crippen molar-refractivity contribution in [2.45, 2.75) is 56.4 Å². The van der Waals surface area contributed by atoms with Crippen LogP contribution in [-0.4, -0.2) is 20.4 Å². The Hall–Kier alpha value is -2.34. The van der Waals surface area contributed by atoms with Crippen LogP contribution in [0.3, 0.4) is 0 Å². The third-order valence-corrected chi connectivity index (χ3v) is 6.28. The van der Waals surface area contributed by atoms with Crippen LogP contribution in [0, 0.1) is 6.92 Å². The molecule has 27 heavy (non-hydrogen) atoms. The highest BCUT2D eigenvalue weighted by molar-refractivity contribution is 7.92. The Morgan fingerprint density at radius 3 is 2.26 bits per heavy atom. The summed E-state index contributed by atoms with van der Waals surface area (Å²) in [6.45, 7) is 1.90. The number of carbonyl (C=O) groups excluding carboxylic acids is 1. The molecule has 0 atom stereocenters. The normalized spacial score (nSPS) is 15.7. The number of rotatable bonds is 5. The van der Waals surface area contributed by atoms with E-state index in [-0.39, 0.29) is 16.8 Å². The maximum atomic E-state index is 12.5. The van der Waals surface area contributed by atoms with E-state index in [1.54, 1.807) is 30.3 Å². The van der Waals surface area contributed by atoms with E-state index in [4.69, 9.17) is 0 Å². The fourth-order valence-electron chi connectivity index (χ4n) is 3.40. The molecular formula is C21H26N2O3S. The fourth-order valence-corrected chi connectivity index (χ4v) is 4.45. The minimum absolute atomic E-state index is 0.134. The van der Waals surface area contributed by atoms with E-state index in [1.807, 2.05) is 13.0 Å². The quantitative estimate of drug-likeness (QED) is 0.755. The van der Waals surface area contributed by atoms with Gasteiger partial charge in [-0.2, -0.15) is 0 Å². The van der Waals surface area contributed by atoms with Gasteiger partial charge in [0.15, 0.2) is 0 Å². The topological polar surface area (TPSA) is 75.3 Å². The number of carbonyl (C=O) groups is 1. The molecule has 0 radical (unpaired) electrons. The number of hydrogen-bond donors (Lipinski definition) is 2. The molecule has 1 aliphatic rings. The van der Waals surface area contributed by atoms with Gasteiger partial charge in [0.1, 0.15) is 0 Å². The van der Waals surface area contributed by atoms with Gasteiger partial charge in [-0.15, -0.1) is 0 Å². The maximum Gasteiger partial charge on any atom is 0.261 e. The molecular weight excluding hydrogens is 360 g/mol. The van der Waals surface area contributed by atoms with Crippen molar-refractivity contribution >= 4 is 21.6 Å². The van der Waals surface area contributed by atoms with Crippen LogP contribution in [0.2, 0.25) is 0 Å². The monoisotopic (exact) mass is 386 g/mol. The van der Waals surface area contributed by atoms with Gasteiger partial charge in [0.25, 0.3) is 15.9 Å². The summed E-state index contributed by atoms with van der Waals surface area (Å²) in [5, 5.41) is 3.08. The lowest BCUT2D eigenvalue weighted by atomic mass is 10.1. The summed E-state index contributed by atoms with van der Waals surface area (Å²) >= 11 is 0. The zero-order chi connectivity index (χ0) is 19.3. The Balaban J connectivity index is 1.67. The number of hydrogen-bond acceptors (Lipinski definition) is 3. The number of nitrogens with one attached hydrogen (secondary N) is 2. The van der Waals surface area contributed by atoms with Crippen LogP contribution in [0.5, 0.6) is 0 Å². The maximum absolute atomic E-state index is 12.5. The average molecular weight is 387 g/mol. The van der Waals surface area contributed by atoms with Gasteiger partial charge >= 0.3 is 0 Å². The third kappa shape index (κ3) is 5.32. The van der Waals surface area contributed by atoms with Gasteiger partial charge in [-0.05, 0) is 61.7 Å². The van der Waals surface area contributed by atoms with Crippen molar-refractivity contribution in [1.82, 2.24) is 5.32 Å². The number of aryl methyl sites for hydroxylation is 1. The van der Waals surface area contributed by atoms with Gasteiger partial charge in [-0.25, -0.2) is 8.42 Å². The Morgan fingerprint density at radius 2 is 1.63 bits per heavy atom. The summed E-state index contributed by atoms with van der Waals surface area (Å²) < 4.78 is 27.6. The summed E-state index contributed by atoms with van der Waals surface area (Å²) in [5.41, 5.74) is 1.97. The zero-order valence-corrected chi connectivity index (χ0v) is 16.4. The van der Waals surface area contributed by atoms with Crippen molar-refractivity contribution in [3.05, 3.63) is 59.7 Å². The van der Waals surface area contributed by atoms with Gasteiger partial charge in [0, 0.05) is 17.3 Å². The van der Waals surface area contributed by atoms with Crippen molar-refractivity contribution in [2.75, 3.05) is 4.72 Å². The van der Waals surface area contributed by atoms with E-state index in [0.717, 1.165) is 31.2 Å². The first kappa shape index (κ1) is 19.4. The van der Waals surface area contributed by atoms with E-state index < -0.39 is 10.0 Å². The molecule has 0 unspecified atom stereocenters. The standard InChI is InChI=1S/C21H26N2O3S/c1-16-7-6-10-19(15-16)23-27(25,26)20-13-11-17(12-14-20)21(24)22-18-8-4-2-3-5-9-18/h6-7,10-15,18,23H,2-5,8-9H2,1H3,(H,22,24). The van der Waals surface area contributed by atoms with Crippen molar-refractivity contribution in [3.8, 4) is 0 Å². The van der Waals surface area contributed by atoms with E-state index in [2.05, 4.69) is 10.0 Å². The molecule has 0 aromatic heterocycles. The second-order valence-electron chi connectivity index (χ2n) is 7.16. The molecule has 144 valence electrons. The first-order valence-corrected chi connectivity index (χ1v) is 10.9. The van der Waals surface area contributed by atoms with E-state index in [1.165, 1.54) is 25.0 Å². The molecule has 2 N–H and O–H groups in total. The van der Waals surface area contributed by atoms with Crippen LogP contribution >= 0.6 is 0 Å². The largest absolute Gasteiger partial charge is 0.349 e. The number of amides is 1. The summed E-state index contributed by atoms with van der Waals surface area (Å²) in [5.74, 6) is -0.141. The molecule has 0 spiro atoms. The Kier molecular flexibility index (Phi) is 6.16. The molecule has 0 heterocycles. The van der Waals surface area contributed by atoms with Crippen molar-refractivity contribution in [1.29, 1.82) is 0 Å². The second kappa shape index (κ2) is 8.57. The smallest absolute Gasteiger partial charge is 0.261 e. The Bertz CT molecular complexity index is 884. The summed E-state index contributed by atoms with van der Waals surface area (Å²) in [6, 6.07) is 13.5. The van der Waals surface area contributed by atoms with Gasteiger partial charge < -0.3 is 5.32 Å². The van der Waals surface area contributed by atoms with Crippen LogP contribution < -0.4 is 10.0 Å². The molecule has 6 heteroatoms. The Morgan fingerprint density at radius 1 is 0.963 bits per heavy atom. The molecule has 1 saturated carbocycles. The van der Waals surface area contributed by atoms with Crippen molar-refractivity contribution in [3.63, 3.8) is 0 Å². The van der Waals surface area contributed by atoms with E-state index >= 15 is 0 Å². The molecule has 2 aromatic rings. The van der Waals surface area contributed by atoms with Crippen LogP contribution in [0.4, 0.5) is 5.69 Å². The molecule has 3 rings (SSSR count). The number of benzene rings is 2. The van der Waals surface area contributed by atoms with Gasteiger partial charge in [-0.3, -0.25) is 9.52 Å². The van der Waals surface area contributed by atoms with Crippen LogP contribution in [0.15, 0.2) is 53.4 Å². The predicted octanol–water partition coefficient (Wildman–Crippen LogP) is 4.25. The number of sulfonamides is 1. The van der Waals surface area contributed by atoms with Crippen LogP contribution in [0.25, 0.3) is 0 Å². The summed E-state index contributed by atoms with van der Waals surface area (Å²) in [4.78, 5) is 12.6. The lowest BCUT2D eigenvalue weighted by Crippen LogP contribution is -2.34. The highest BCUT2D eigenvalue weighted by Gasteiger charge is 2.18. The molecule has 0 aliphatic heterocycles. The molecule has 0 bridgehead atoms. The van der Waals surface area contributed by atoms with E-state index in [9.17, 15) is 13.2 Å². The molecule has 1 amide bonds. The van der Waals surface area contributed by atoms with Crippen LogP contribution in [-0.2, 0) is 10.0 Å². The zero-order valence-electron chi connectivity index (χ0n) is 15.6. The summed E-state index contributed by atoms with van der Waals surface area (Å²) in [7, 11) is -3.69. The van der Waals surface area contributed by atoms with Crippen LogP contribution in [0.1, 0.15) is 54.4 Å². The predicted molar refractivity (Wildman–Crippen MR) is 107 cm³/mol. The van der Waals surface area contributed by atoms with Crippen molar-refractivity contribution < 1.29 is 13.2 Å².